The van der Waals surface area contributed by atoms with Gasteiger partial charge < -0.3 is 10.4 Å². The number of hydrogen-bond acceptors (Lipinski definition) is 2. The Labute approximate surface area is 102 Å². The maximum Gasteiger partial charge on any atom is 0.115 e. The van der Waals surface area contributed by atoms with E-state index in [0.29, 0.717) is 5.75 Å². The van der Waals surface area contributed by atoms with E-state index >= 15 is 0 Å². The van der Waals surface area contributed by atoms with Crippen molar-refractivity contribution < 1.29 is 5.11 Å². The van der Waals surface area contributed by atoms with Crippen molar-refractivity contribution in [2.75, 3.05) is 7.05 Å². The fourth-order valence-corrected chi connectivity index (χ4v) is 1.98. The van der Waals surface area contributed by atoms with E-state index in [9.17, 15) is 5.11 Å². The summed E-state index contributed by atoms with van der Waals surface area (Å²) in [6, 6.07) is 18.0. The summed E-state index contributed by atoms with van der Waals surface area (Å²) in [5.74, 6) is 0.316. The Morgan fingerprint density at radius 1 is 1.06 bits per heavy atom. The Kier molecular flexibility index (Phi) is 3.78. The van der Waals surface area contributed by atoms with Crippen LogP contribution in [-0.2, 0) is 6.42 Å². The molecule has 2 aromatic carbocycles. The van der Waals surface area contributed by atoms with E-state index in [2.05, 4.69) is 17.4 Å². The fourth-order valence-electron chi connectivity index (χ4n) is 1.98. The van der Waals surface area contributed by atoms with E-state index in [-0.39, 0.29) is 6.04 Å². The maximum atomic E-state index is 9.50. The van der Waals surface area contributed by atoms with E-state index in [1.54, 1.807) is 6.07 Å². The molecule has 0 bridgehead atoms. The van der Waals surface area contributed by atoms with Gasteiger partial charge in [-0.3, -0.25) is 0 Å². The third-order valence-corrected chi connectivity index (χ3v) is 2.90. The number of aromatic hydroxyl groups is 1. The Bertz CT molecular complexity index is 467. The first-order valence-electron chi connectivity index (χ1n) is 5.79. The lowest BCUT2D eigenvalue weighted by Crippen LogP contribution is -2.18. The van der Waals surface area contributed by atoms with Gasteiger partial charge in [-0.25, -0.2) is 0 Å². The van der Waals surface area contributed by atoms with Crippen LogP contribution in [0.5, 0.6) is 5.75 Å². The lowest BCUT2D eigenvalue weighted by atomic mass is 9.99. The van der Waals surface area contributed by atoms with Crippen LogP contribution in [0.15, 0.2) is 54.6 Å². The van der Waals surface area contributed by atoms with E-state index in [4.69, 9.17) is 0 Å². The number of benzene rings is 2. The van der Waals surface area contributed by atoms with Crippen molar-refractivity contribution in [2.24, 2.45) is 0 Å². The molecular formula is C15H17NO. The molecule has 0 unspecified atom stereocenters. The molecule has 1 atom stereocenters. The number of phenols is 1. The summed E-state index contributed by atoms with van der Waals surface area (Å²) >= 11 is 0. The van der Waals surface area contributed by atoms with E-state index in [0.717, 1.165) is 12.0 Å². The topological polar surface area (TPSA) is 32.3 Å². The van der Waals surface area contributed by atoms with Crippen molar-refractivity contribution >= 4 is 0 Å². The summed E-state index contributed by atoms with van der Waals surface area (Å²) in [7, 11) is 1.94. The van der Waals surface area contributed by atoms with Gasteiger partial charge >= 0.3 is 0 Å². The zero-order chi connectivity index (χ0) is 12.1. The van der Waals surface area contributed by atoms with Crippen LogP contribution in [-0.4, -0.2) is 12.2 Å². The number of phenolic OH excluding ortho intramolecular Hbond substituents is 1. The summed E-state index contributed by atoms with van der Waals surface area (Å²) in [4.78, 5) is 0. The molecule has 2 aromatic rings. The molecule has 0 saturated carbocycles. The third kappa shape index (κ3) is 3.08. The first-order chi connectivity index (χ1) is 8.29. The molecule has 0 radical (unpaired) electrons. The molecular weight excluding hydrogens is 210 g/mol. The van der Waals surface area contributed by atoms with Crippen molar-refractivity contribution in [1.82, 2.24) is 5.32 Å². The smallest absolute Gasteiger partial charge is 0.115 e. The van der Waals surface area contributed by atoms with E-state index in [1.165, 1.54) is 5.56 Å². The van der Waals surface area contributed by atoms with Gasteiger partial charge in [0.1, 0.15) is 5.75 Å². The maximum absolute atomic E-state index is 9.50. The van der Waals surface area contributed by atoms with Crippen molar-refractivity contribution in [1.29, 1.82) is 0 Å². The molecule has 88 valence electrons. The molecule has 0 aromatic heterocycles. The van der Waals surface area contributed by atoms with Gasteiger partial charge in [-0.15, -0.1) is 0 Å². The first kappa shape index (κ1) is 11.7. The highest BCUT2D eigenvalue weighted by Crippen LogP contribution is 2.21. The fraction of sp³-hybridized carbons (Fsp3) is 0.200. The largest absolute Gasteiger partial charge is 0.508 e. The van der Waals surface area contributed by atoms with Gasteiger partial charge in [0, 0.05) is 6.04 Å². The normalized spacial score (nSPS) is 12.3. The Balaban J connectivity index is 2.17. The minimum absolute atomic E-state index is 0.226. The summed E-state index contributed by atoms with van der Waals surface area (Å²) < 4.78 is 0. The molecule has 2 heteroatoms. The van der Waals surface area contributed by atoms with Gasteiger partial charge in [-0.05, 0) is 36.7 Å². The van der Waals surface area contributed by atoms with Gasteiger partial charge in [0.05, 0.1) is 0 Å². The minimum atomic E-state index is 0.226. The van der Waals surface area contributed by atoms with Crippen LogP contribution in [0, 0.1) is 0 Å². The second kappa shape index (κ2) is 5.51. The third-order valence-electron chi connectivity index (χ3n) is 2.90. The number of hydrogen-bond donors (Lipinski definition) is 2. The van der Waals surface area contributed by atoms with Crippen molar-refractivity contribution in [2.45, 2.75) is 12.5 Å². The second-order valence-corrected chi connectivity index (χ2v) is 4.13. The SMILES string of the molecule is CN[C@H](Cc1ccccc1)c1cccc(O)c1. The van der Waals surface area contributed by atoms with Crippen LogP contribution in [0.4, 0.5) is 0 Å². The van der Waals surface area contributed by atoms with Crippen LogP contribution in [0.25, 0.3) is 0 Å². The molecule has 0 fully saturated rings. The molecule has 2 N–H and O–H groups in total. The molecule has 17 heavy (non-hydrogen) atoms. The number of nitrogens with one attached hydrogen (secondary N) is 1. The van der Waals surface area contributed by atoms with Crippen LogP contribution in [0.3, 0.4) is 0 Å². The van der Waals surface area contributed by atoms with Crippen LogP contribution in [0.1, 0.15) is 17.2 Å². The Morgan fingerprint density at radius 3 is 2.47 bits per heavy atom. The molecule has 0 heterocycles. The molecule has 0 aliphatic heterocycles. The Morgan fingerprint density at radius 2 is 1.82 bits per heavy atom. The summed E-state index contributed by atoms with van der Waals surface area (Å²) in [6.45, 7) is 0. The number of rotatable bonds is 4. The molecule has 0 aliphatic rings. The van der Waals surface area contributed by atoms with Crippen LogP contribution < -0.4 is 5.32 Å². The van der Waals surface area contributed by atoms with Crippen molar-refractivity contribution in [3.05, 3.63) is 65.7 Å². The molecule has 2 nitrogen and oxygen atoms in total. The highest BCUT2D eigenvalue weighted by atomic mass is 16.3. The molecule has 0 amide bonds. The standard InChI is InChI=1S/C15H17NO/c1-16-15(10-12-6-3-2-4-7-12)13-8-5-9-14(17)11-13/h2-9,11,15-17H,10H2,1H3/t15-/m1/s1. The average molecular weight is 227 g/mol. The van der Waals surface area contributed by atoms with Gasteiger partial charge in [0.25, 0.3) is 0 Å². The van der Waals surface area contributed by atoms with Gasteiger partial charge in [0.15, 0.2) is 0 Å². The zero-order valence-corrected chi connectivity index (χ0v) is 9.93. The first-order valence-corrected chi connectivity index (χ1v) is 5.79. The highest BCUT2D eigenvalue weighted by molar-refractivity contribution is 5.30. The van der Waals surface area contributed by atoms with Crippen molar-refractivity contribution in [3.63, 3.8) is 0 Å². The summed E-state index contributed by atoms with van der Waals surface area (Å²) in [6.07, 6.45) is 0.917. The minimum Gasteiger partial charge on any atom is -0.508 e. The molecule has 0 spiro atoms. The van der Waals surface area contributed by atoms with Gasteiger partial charge in [-0.2, -0.15) is 0 Å². The predicted octanol–water partition coefficient (Wildman–Crippen LogP) is 2.90. The lowest BCUT2D eigenvalue weighted by molar-refractivity contribution is 0.472. The molecule has 0 saturated heterocycles. The zero-order valence-electron chi connectivity index (χ0n) is 9.93. The predicted molar refractivity (Wildman–Crippen MR) is 70.1 cm³/mol. The lowest BCUT2D eigenvalue weighted by Gasteiger charge is -2.17. The quantitative estimate of drug-likeness (QED) is 0.841. The van der Waals surface area contributed by atoms with Crippen molar-refractivity contribution in [3.8, 4) is 5.75 Å². The van der Waals surface area contributed by atoms with E-state index in [1.807, 2.05) is 43.4 Å². The summed E-state index contributed by atoms with van der Waals surface area (Å²) in [5, 5.41) is 12.8. The number of likely N-dealkylation sites (N-methyl/N-ethyl adjacent to an activating group) is 1. The van der Waals surface area contributed by atoms with Gasteiger partial charge in [-0.1, -0.05) is 42.5 Å². The molecule has 2 rings (SSSR count). The summed E-state index contributed by atoms with van der Waals surface area (Å²) in [5.41, 5.74) is 2.39. The van der Waals surface area contributed by atoms with Crippen LogP contribution in [0.2, 0.25) is 0 Å². The highest BCUT2D eigenvalue weighted by Gasteiger charge is 2.10. The van der Waals surface area contributed by atoms with Crippen LogP contribution >= 0.6 is 0 Å². The van der Waals surface area contributed by atoms with E-state index < -0.39 is 0 Å². The Hall–Kier alpha value is -1.80. The average Bonchev–Trinajstić information content (AvgIpc) is 2.37. The molecule has 0 aliphatic carbocycles. The monoisotopic (exact) mass is 227 g/mol. The second-order valence-electron chi connectivity index (χ2n) is 4.13. The van der Waals surface area contributed by atoms with Gasteiger partial charge in [0.2, 0.25) is 0 Å².